The Kier molecular flexibility index (Phi) is 4.53. The predicted molar refractivity (Wildman–Crippen MR) is 75.7 cm³/mol. The van der Waals surface area contributed by atoms with Crippen LogP contribution in [0, 0.1) is 0 Å². The summed E-state index contributed by atoms with van der Waals surface area (Å²) in [5.41, 5.74) is 1.62. The molecule has 0 aromatic heterocycles. The summed E-state index contributed by atoms with van der Waals surface area (Å²) in [6.45, 7) is 2.83. The molecular formula is C11H13BrClNO3S. The summed E-state index contributed by atoms with van der Waals surface area (Å²) < 4.78 is 28.6. The maximum atomic E-state index is 11.3. The second kappa shape index (κ2) is 5.77. The standard InChI is InChI=1S/C11H13BrClNO3S/c12-10-1-2-11(14-3-5-17-6-4-14)9(7-10)8-18(13,15)16/h1-2,7H,3-6,8H2. The van der Waals surface area contributed by atoms with Crippen molar-refractivity contribution in [2.24, 2.45) is 0 Å². The average molecular weight is 355 g/mol. The molecule has 1 aromatic rings. The van der Waals surface area contributed by atoms with Gasteiger partial charge in [-0.1, -0.05) is 15.9 Å². The molecule has 0 unspecified atom stereocenters. The van der Waals surface area contributed by atoms with Crippen LogP contribution < -0.4 is 4.90 Å². The smallest absolute Gasteiger partial charge is 0.236 e. The molecule has 7 heteroatoms. The summed E-state index contributed by atoms with van der Waals surface area (Å²) >= 11 is 3.35. The number of rotatable bonds is 3. The van der Waals surface area contributed by atoms with Gasteiger partial charge in [-0.2, -0.15) is 0 Å². The zero-order valence-corrected chi connectivity index (χ0v) is 12.8. The Morgan fingerprint density at radius 1 is 1.33 bits per heavy atom. The van der Waals surface area contributed by atoms with Gasteiger partial charge in [-0.05, 0) is 23.8 Å². The van der Waals surface area contributed by atoms with Crippen LogP contribution in [0.2, 0.25) is 0 Å². The van der Waals surface area contributed by atoms with Crippen LogP contribution in [-0.2, 0) is 19.5 Å². The van der Waals surface area contributed by atoms with Gasteiger partial charge in [0.25, 0.3) is 0 Å². The fourth-order valence-corrected chi connectivity index (χ4v) is 3.33. The van der Waals surface area contributed by atoms with Gasteiger partial charge in [-0.25, -0.2) is 8.42 Å². The topological polar surface area (TPSA) is 46.6 Å². The van der Waals surface area contributed by atoms with Crippen LogP contribution in [0.15, 0.2) is 22.7 Å². The quantitative estimate of drug-likeness (QED) is 0.782. The molecule has 0 atom stereocenters. The van der Waals surface area contributed by atoms with Gasteiger partial charge in [0.05, 0.1) is 19.0 Å². The highest BCUT2D eigenvalue weighted by Crippen LogP contribution is 2.27. The van der Waals surface area contributed by atoms with Crippen molar-refractivity contribution in [3.8, 4) is 0 Å². The maximum Gasteiger partial charge on any atom is 0.236 e. The molecule has 0 radical (unpaired) electrons. The minimum absolute atomic E-state index is 0.166. The minimum Gasteiger partial charge on any atom is -0.378 e. The van der Waals surface area contributed by atoms with Gasteiger partial charge in [0.1, 0.15) is 0 Å². The molecule has 1 aliphatic heterocycles. The number of hydrogen-bond donors (Lipinski definition) is 0. The molecule has 0 amide bonds. The molecule has 0 bridgehead atoms. The van der Waals surface area contributed by atoms with Crippen molar-refractivity contribution in [1.82, 2.24) is 0 Å². The van der Waals surface area contributed by atoms with E-state index in [1.165, 1.54) is 0 Å². The molecule has 100 valence electrons. The highest BCUT2D eigenvalue weighted by atomic mass is 79.9. The van der Waals surface area contributed by atoms with E-state index in [-0.39, 0.29) is 5.75 Å². The van der Waals surface area contributed by atoms with Gasteiger partial charge >= 0.3 is 0 Å². The number of benzene rings is 1. The van der Waals surface area contributed by atoms with Crippen molar-refractivity contribution >= 4 is 41.4 Å². The van der Waals surface area contributed by atoms with Gasteiger partial charge in [0, 0.05) is 33.9 Å². The molecule has 1 aliphatic rings. The molecule has 0 saturated carbocycles. The fraction of sp³-hybridized carbons (Fsp3) is 0.455. The lowest BCUT2D eigenvalue weighted by atomic mass is 10.1. The molecule has 2 rings (SSSR count). The van der Waals surface area contributed by atoms with E-state index < -0.39 is 9.05 Å². The van der Waals surface area contributed by atoms with E-state index in [2.05, 4.69) is 20.8 Å². The lowest BCUT2D eigenvalue weighted by Crippen LogP contribution is -2.36. The van der Waals surface area contributed by atoms with Crippen LogP contribution in [0.25, 0.3) is 0 Å². The zero-order valence-electron chi connectivity index (χ0n) is 9.60. The Hall–Kier alpha value is -0.300. The Morgan fingerprint density at radius 3 is 2.61 bits per heavy atom. The molecule has 1 fully saturated rings. The summed E-state index contributed by atoms with van der Waals surface area (Å²) in [5.74, 6) is -0.166. The van der Waals surface area contributed by atoms with Crippen LogP contribution in [0.3, 0.4) is 0 Å². The van der Waals surface area contributed by atoms with E-state index in [4.69, 9.17) is 15.4 Å². The monoisotopic (exact) mass is 353 g/mol. The average Bonchev–Trinajstić information content (AvgIpc) is 2.28. The van der Waals surface area contributed by atoms with Crippen LogP contribution in [0.5, 0.6) is 0 Å². The molecule has 0 spiro atoms. The Balaban J connectivity index is 2.33. The van der Waals surface area contributed by atoms with Crippen LogP contribution >= 0.6 is 26.6 Å². The first kappa shape index (κ1) is 14.1. The third-order valence-corrected chi connectivity index (χ3v) is 4.20. The van der Waals surface area contributed by atoms with Gasteiger partial charge in [0.15, 0.2) is 0 Å². The first-order valence-corrected chi connectivity index (χ1v) is 8.76. The largest absolute Gasteiger partial charge is 0.378 e. The highest BCUT2D eigenvalue weighted by molar-refractivity contribution is 9.10. The molecule has 1 heterocycles. The molecule has 0 aliphatic carbocycles. The summed E-state index contributed by atoms with van der Waals surface area (Å²) in [5, 5.41) is 0. The van der Waals surface area contributed by atoms with Gasteiger partial charge < -0.3 is 9.64 Å². The minimum atomic E-state index is -3.56. The molecule has 1 aromatic carbocycles. The lowest BCUT2D eigenvalue weighted by Gasteiger charge is -2.30. The van der Waals surface area contributed by atoms with E-state index in [9.17, 15) is 8.42 Å². The molecule has 1 saturated heterocycles. The van der Waals surface area contributed by atoms with Gasteiger partial charge in [-0.15, -0.1) is 0 Å². The summed E-state index contributed by atoms with van der Waals surface area (Å²) in [7, 11) is 1.78. The van der Waals surface area contributed by atoms with E-state index in [1.54, 1.807) is 6.07 Å². The zero-order chi connectivity index (χ0) is 13.2. The summed E-state index contributed by atoms with van der Waals surface area (Å²) in [4.78, 5) is 2.12. The first-order chi connectivity index (χ1) is 8.46. The normalized spacial score (nSPS) is 16.9. The number of anilines is 1. The molecule has 4 nitrogen and oxygen atoms in total. The SMILES string of the molecule is O=S(=O)(Cl)Cc1cc(Br)ccc1N1CCOCC1. The number of halogens is 2. The van der Waals surface area contributed by atoms with Gasteiger partial charge in [-0.3, -0.25) is 0 Å². The van der Waals surface area contributed by atoms with Crippen molar-refractivity contribution in [3.63, 3.8) is 0 Å². The molecular weight excluding hydrogens is 342 g/mol. The van der Waals surface area contributed by atoms with Crippen molar-refractivity contribution in [2.45, 2.75) is 5.75 Å². The Morgan fingerprint density at radius 2 is 2.00 bits per heavy atom. The molecule has 18 heavy (non-hydrogen) atoms. The van der Waals surface area contributed by atoms with Crippen molar-refractivity contribution in [3.05, 3.63) is 28.2 Å². The second-order valence-electron chi connectivity index (χ2n) is 4.06. The number of morpholine rings is 1. The van der Waals surface area contributed by atoms with Crippen LogP contribution in [-0.4, -0.2) is 34.7 Å². The molecule has 0 N–H and O–H groups in total. The van der Waals surface area contributed by atoms with E-state index >= 15 is 0 Å². The summed E-state index contributed by atoms with van der Waals surface area (Å²) in [6, 6.07) is 5.60. The number of hydrogen-bond acceptors (Lipinski definition) is 4. The lowest BCUT2D eigenvalue weighted by molar-refractivity contribution is 0.122. The fourth-order valence-electron chi connectivity index (χ4n) is 1.97. The third kappa shape index (κ3) is 3.85. The van der Waals surface area contributed by atoms with E-state index in [0.29, 0.717) is 18.8 Å². The maximum absolute atomic E-state index is 11.3. The van der Waals surface area contributed by atoms with Crippen molar-refractivity contribution < 1.29 is 13.2 Å². The highest BCUT2D eigenvalue weighted by Gasteiger charge is 2.18. The summed E-state index contributed by atoms with van der Waals surface area (Å²) in [6.07, 6.45) is 0. The number of nitrogens with zero attached hydrogens (tertiary/aromatic N) is 1. The van der Waals surface area contributed by atoms with Crippen LogP contribution in [0.4, 0.5) is 5.69 Å². The Bertz CT molecular complexity index is 529. The van der Waals surface area contributed by atoms with Crippen molar-refractivity contribution in [2.75, 3.05) is 31.2 Å². The van der Waals surface area contributed by atoms with Crippen LogP contribution in [0.1, 0.15) is 5.56 Å². The third-order valence-electron chi connectivity index (χ3n) is 2.72. The predicted octanol–water partition coefficient (Wildman–Crippen LogP) is 2.35. The van der Waals surface area contributed by atoms with Gasteiger partial charge in [0.2, 0.25) is 9.05 Å². The van der Waals surface area contributed by atoms with E-state index in [0.717, 1.165) is 23.2 Å². The Labute approximate surface area is 119 Å². The second-order valence-corrected chi connectivity index (χ2v) is 7.75. The first-order valence-electron chi connectivity index (χ1n) is 5.49. The van der Waals surface area contributed by atoms with E-state index in [1.807, 2.05) is 12.1 Å². The van der Waals surface area contributed by atoms with Crippen molar-refractivity contribution in [1.29, 1.82) is 0 Å². The number of ether oxygens (including phenoxy) is 1.